The van der Waals surface area contributed by atoms with E-state index in [0.717, 1.165) is 16.0 Å². The first-order valence-corrected chi connectivity index (χ1v) is 11.4. The van der Waals surface area contributed by atoms with Gasteiger partial charge in [-0.25, -0.2) is 4.79 Å². The topological polar surface area (TPSA) is 81.9 Å². The van der Waals surface area contributed by atoms with E-state index < -0.39 is 5.97 Å². The second kappa shape index (κ2) is 9.63. The molecule has 3 rings (SSSR count). The van der Waals surface area contributed by atoms with Crippen LogP contribution in [0.15, 0.2) is 59.0 Å². The van der Waals surface area contributed by atoms with Gasteiger partial charge < -0.3 is 10.2 Å². The molecule has 3 aromatic rings. The Bertz CT molecular complexity index is 1170. The van der Waals surface area contributed by atoms with Crippen molar-refractivity contribution in [3.63, 3.8) is 0 Å². The zero-order valence-electron chi connectivity index (χ0n) is 18.5. The number of aromatic carboxylic acids is 1. The lowest BCUT2D eigenvalue weighted by molar-refractivity contribution is 0.0696. The van der Waals surface area contributed by atoms with Crippen molar-refractivity contribution in [2.45, 2.75) is 39.5 Å². The van der Waals surface area contributed by atoms with Crippen LogP contribution in [0.2, 0.25) is 0 Å². The highest BCUT2D eigenvalue weighted by Gasteiger charge is 2.17. The lowest BCUT2D eigenvalue weighted by Gasteiger charge is -2.19. The van der Waals surface area contributed by atoms with Crippen molar-refractivity contribution in [3.8, 4) is 16.2 Å². The van der Waals surface area contributed by atoms with Gasteiger partial charge in [-0.15, -0.1) is 11.3 Å². The van der Waals surface area contributed by atoms with Crippen LogP contribution in [-0.2, 0) is 11.8 Å². The normalized spacial score (nSPS) is 11.9. The van der Waals surface area contributed by atoms with Crippen molar-refractivity contribution in [3.05, 3.63) is 76.2 Å². The zero-order valence-corrected chi connectivity index (χ0v) is 20.1. The zero-order chi connectivity index (χ0) is 23.5. The van der Waals surface area contributed by atoms with E-state index in [0.29, 0.717) is 22.7 Å². The number of hydrogen-bond acceptors (Lipinski definition) is 5. The van der Waals surface area contributed by atoms with Crippen LogP contribution < -0.4 is 5.43 Å². The molecule has 0 amide bonds. The monoisotopic (exact) mass is 466 g/mol. The number of hydrogen-bond donors (Lipinski definition) is 3. The van der Waals surface area contributed by atoms with E-state index in [4.69, 9.17) is 17.3 Å². The summed E-state index contributed by atoms with van der Waals surface area (Å²) in [6.45, 7) is 8.31. The van der Waals surface area contributed by atoms with Gasteiger partial charge in [0.1, 0.15) is 10.7 Å². The Morgan fingerprint density at radius 3 is 2.47 bits per heavy atom. The van der Waals surface area contributed by atoms with Gasteiger partial charge in [0, 0.05) is 11.8 Å². The van der Waals surface area contributed by atoms with Gasteiger partial charge >= 0.3 is 5.97 Å². The van der Waals surface area contributed by atoms with Crippen LogP contribution in [0.4, 0.5) is 0 Å². The van der Waals surface area contributed by atoms with E-state index in [1.807, 2.05) is 23.6 Å². The molecule has 0 saturated carbocycles. The maximum atomic E-state index is 11.1. The van der Waals surface area contributed by atoms with Gasteiger partial charge in [-0.3, -0.25) is 5.43 Å². The van der Waals surface area contributed by atoms with Crippen LogP contribution >= 0.6 is 23.6 Å². The Morgan fingerprint density at radius 2 is 1.84 bits per heavy atom. The van der Waals surface area contributed by atoms with Gasteiger partial charge in [-0.2, -0.15) is 5.10 Å². The highest BCUT2D eigenvalue weighted by Crippen LogP contribution is 2.39. The van der Waals surface area contributed by atoms with E-state index in [-0.39, 0.29) is 16.7 Å². The first-order valence-electron chi connectivity index (χ1n) is 10.1. The fourth-order valence-electron chi connectivity index (χ4n) is 3.18. The molecule has 0 radical (unpaired) electrons. The molecular formula is C25H26N2O3S2. The number of nitrogens with zero attached hydrogens (tertiary/aromatic N) is 1. The van der Waals surface area contributed by atoms with E-state index in [1.165, 1.54) is 23.0 Å². The third kappa shape index (κ3) is 5.60. The standard InChI is InChI=1S/C25H26N2O3S2/c1-15(26-27-21(31)13-16-6-5-7-18(12-16)24(29)30)20-14-32-23(22(20)28)17-8-10-19(11-9-17)25(2,3)4/h5-12,14,28H,13H2,1-4H3,(H,27,31)(H,29,30)/b26-15+. The number of nitrogens with one attached hydrogen (secondary N) is 1. The predicted octanol–water partition coefficient (Wildman–Crippen LogP) is 6.00. The first kappa shape index (κ1) is 23.6. The number of thiocarbonyl (C=S) groups is 1. The highest BCUT2D eigenvalue weighted by molar-refractivity contribution is 7.80. The summed E-state index contributed by atoms with van der Waals surface area (Å²) in [5.41, 5.74) is 7.38. The van der Waals surface area contributed by atoms with E-state index in [1.54, 1.807) is 19.1 Å². The minimum atomic E-state index is -0.976. The van der Waals surface area contributed by atoms with Crippen molar-refractivity contribution < 1.29 is 15.0 Å². The third-order valence-corrected chi connectivity index (χ3v) is 6.31. The second-order valence-electron chi connectivity index (χ2n) is 8.57. The van der Waals surface area contributed by atoms with Crippen molar-refractivity contribution in [1.29, 1.82) is 0 Å². The summed E-state index contributed by atoms with van der Waals surface area (Å²) in [6.07, 6.45) is 0.369. The summed E-state index contributed by atoms with van der Waals surface area (Å²) in [6, 6.07) is 14.9. The number of rotatable bonds is 6. The average molecular weight is 467 g/mol. The molecule has 0 aliphatic carbocycles. The molecule has 0 unspecified atom stereocenters. The number of carboxylic acid groups (broad SMARTS) is 1. The molecule has 0 saturated heterocycles. The van der Waals surface area contributed by atoms with Crippen molar-refractivity contribution in [2.75, 3.05) is 0 Å². The molecule has 2 aromatic carbocycles. The molecule has 0 fully saturated rings. The summed E-state index contributed by atoms with van der Waals surface area (Å²) < 4.78 is 0. The van der Waals surface area contributed by atoms with E-state index >= 15 is 0 Å². The lowest BCUT2D eigenvalue weighted by Crippen LogP contribution is -2.19. The fraction of sp³-hybridized carbons (Fsp3) is 0.240. The van der Waals surface area contributed by atoms with Crippen LogP contribution in [0.25, 0.3) is 10.4 Å². The SMILES string of the molecule is C/C(=N\NC(=S)Cc1cccc(C(=O)O)c1)c1csc(-c2ccc(C(C)(C)C)cc2)c1O. The molecule has 5 nitrogen and oxygen atoms in total. The Hall–Kier alpha value is -3.03. The fourth-order valence-corrected chi connectivity index (χ4v) is 4.40. The van der Waals surface area contributed by atoms with Gasteiger partial charge in [0.15, 0.2) is 0 Å². The van der Waals surface area contributed by atoms with Crippen molar-refractivity contribution >= 4 is 40.2 Å². The molecule has 0 aliphatic heterocycles. The van der Waals surface area contributed by atoms with Crippen molar-refractivity contribution in [1.82, 2.24) is 5.43 Å². The number of hydrazone groups is 1. The Kier molecular flexibility index (Phi) is 7.11. The maximum absolute atomic E-state index is 11.1. The van der Waals surface area contributed by atoms with Crippen LogP contribution in [0, 0.1) is 0 Å². The molecule has 0 bridgehead atoms. The average Bonchev–Trinajstić information content (AvgIpc) is 3.13. The Labute approximate surface area is 197 Å². The maximum Gasteiger partial charge on any atom is 0.335 e. The van der Waals surface area contributed by atoms with Crippen LogP contribution in [-0.4, -0.2) is 26.9 Å². The number of thiophene rings is 1. The van der Waals surface area contributed by atoms with E-state index in [2.05, 4.69) is 43.4 Å². The quantitative estimate of drug-likeness (QED) is 0.236. The number of benzene rings is 2. The molecule has 0 spiro atoms. The third-order valence-electron chi connectivity index (χ3n) is 5.05. The molecular weight excluding hydrogens is 440 g/mol. The molecule has 32 heavy (non-hydrogen) atoms. The molecule has 3 N–H and O–H groups in total. The van der Waals surface area contributed by atoms with Crippen molar-refractivity contribution in [2.24, 2.45) is 5.10 Å². The van der Waals surface area contributed by atoms with Crippen LogP contribution in [0.1, 0.15) is 54.7 Å². The van der Waals surface area contributed by atoms with Gasteiger partial charge in [-0.05, 0) is 41.2 Å². The summed E-state index contributed by atoms with van der Waals surface area (Å²) in [7, 11) is 0. The second-order valence-corrected chi connectivity index (χ2v) is 9.94. The summed E-state index contributed by atoms with van der Waals surface area (Å²) >= 11 is 6.81. The smallest absolute Gasteiger partial charge is 0.335 e. The summed E-state index contributed by atoms with van der Waals surface area (Å²) in [5.74, 6) is -0.780. The van der Waals surface area contributed by atoms with Gasteiger partial charge in [0.2, 0.25) is 0 Å². The first-order chi connectivity index (χ1) is 15.1. The van der Waals surface area contributed by atoms with E-state index in [9.17, 15) is 9.90 Å². The largest absolute Gasteiger partial charge is 0.506 e. The number of carbonyl (C=O) groups is 1. The van der Waals surface area contributed by atoms with Gasteiger partial charge in [0.25, 0.3) is 0 Å². The van der Waals surface area contributed by atoms with Crippen LogP contribution in [0.3, 0.4) is 0 Å². The summed E-state index contributed by atoms with van der Waals surface area (Å²) in [5, 5.41) is 26.1. The minimum absolute atomic E-state index is 0.0729. The Morgan fingerprint density at radius 1 is 1.16 bits per heavy atom. The van der Waals surface area contributed by atoms with Gasteiger partial charge in [-0.1, -0.05) is 69.4 Å². The number of aromatic hydroxyl groups is 1. The van der Waals surface area contributed by atoms with Crippen LogP contribution in [0.5, 0.6) is 5.75 Å². The molecule has 0 atom stereocenters. The lowest BCUT2D eigenvalue weighted by atomic mass is 9.86. The summed E-state index contributed by atoms with van der Waals surface area (Å²) in [4.78, 5) is 12.4. The predicted molar refractivity (Wildman–Crippen MR) is 135 cm³/mol. The molecule has 7 heteroatoms. The molecule has 0 aliphatic rings. The molecule has 1 heterocycles. The minimum Gasteiger partial charge on any atom is -0.506 e. The Balaban J connectivity index is 1.71. The molecule has 1 aromatic heterocycles. The number of carboxylic acids is 1. The molecule has 166 valence electrons. The van der Waals surface area contributed by atoms with Gasteiger partial charge in [0.05, 0.1) is 21.7 Å². The highest BCUT2D eigenvalue weighted by atomic mass is 32.1.